The second-order valence-corrected chi connectivity index (χ2v) is 18.6. The molecule has 6 heteroatoms. The van der Waals surface area contributed by atoms with Crippen LogP contribution >= 0.6 is 0 Å². The van der Waals surface area contributed by atoms with Crippen LogP contribution in [0.25, 0.3) is 0 Å². The number of allylic oxidation sites excluding steroid dienone is 8. The summed E-state index contributed by atoms with van der Waals surface area (Å²) in [6.45, 7) is 6.46. The van der Waals surface area contributed by atoms with Gasteiger partial charge in [0.15, 0.2) is 0 Å². The summed E-state index contributed by atoms with van der Waals surface area (Å²) >= 11 is 0. The van der Waals surface area contributed by atoms with Crippen molar-refractivity contribution in [3.63, 3.8) is 0 Å². The lowest BCUT2D eigenvalue weighted by atomic mass is 10.0. The van der Waals surface area contributed by atoms with Crippen LogP contribution in [0.2, 0.25) is 0 Å². The van der Waals surface area contributed by atoms with E-state index in [9.17, 15) is 19.8 Å². The molecule has 6 nitrogen and oxygen atoms in total. The molecular weight excluding hydrogens is 779 g/mol. The van der Waals surface area contributed by atoms with Crippen LogP contribution in [-0.2, 0) is 14.3 Å². The predicted octanol–water partition coefficient (Wildman–Crippen LogP) is 16.6. The number of hydrogen-bond acceptors (Lipinski definition) is 5. The molecule has 0 spiro atoms. The minimum atomic E-state index is -0.801. The van der Waals surface area contributed by atoms with E-state index in [1.54, 1.807) is 0 Å². The van der Waals surface area contributed by atoms with E-state index >= 15 is 0 Å². The molecule has 0 heterocycles. The number of aliphatic hydroxyl groups excluding tert-OH is 2. The number of nitrogens with one attached hydrogen (secondary N) is 1. The molecular formula is C57H105NO5. The Hall–Kier alpha value is -2.18. The summed E-state index contributed by atoms with van der Waals surface area (Å²) in [5.74, 6) is -0.518. The first-order valence-electron chi connectivity index (χ1n) is 27.4. The summed E-state index contributed by atoms with van der Waals surface area (Å²) in [5.41, 5.74) is 0. The molecule has 0 saturated heterocycles. The zero-order chi connectivity index (χ0) is 45.9. The lowest BCUT2D eigenvalue weighted by Gasteiger charge is -2.24. The van der Waals surface area contributed by atoms with E-state index in [0.717, 1.165) is 70.6 Å². The molecule has 0 fully saturated rings. The Bertz CT molecular complexity index is 1080. The summed E-state index contributed by atoms with van der Waals surface area (Å²) in [4.78, 5) is 26.2. The molecule has 0 aromatic carbocycles. The SMILES string of the molecule is CCCCC/C=C\C/C=C\C/C=C\C/C=C\CCCC(CC(=O)NC(CO)C(O)CCCCCCCCCCCCCCC)OC(=O)CCCCCCCCCCCCCCCC. The van der Waals surface area contributed by atoms with E-state index < -0.39 is 18.2 Å². The number of rotatable bonds is 49. The normalized spacial score (nSPS) is 13.5. The van der Waals surface area contributed by atoms with Crippen molar-refractivity contribution in [3.05, 3.63) is 48.6 Å². The number of carbonyl (C=O) groups excluding carboxylic acids is 2. The standard InChI is InChI=1S/C57H105NO5/c1-4-7-10-13-16-19-22-25-27-28-29-31-33-36-39-42-45-48-53(63-57(62)50-47-44-41-38-35-32-26-23-20-17-14-11-8-5-2)51-56(61)58-54(52-59)55(60)49-46-43-40-37-34-30-24-21-18-15-12-9-6-3/h16,19,25,27,29,31,36,39,53-55,59-60H,4-15,17-18,20-24,26,28,30,32-35,37-38,40-52H2,1-3H3,(H,58,61)/b19-16-,27-25-,31-29-,39-36-. The van der Waals surface area contributed by atoms with Crippen LogP contribution in [0.3, 0.4) is 0 Å². The van der Waals surface area contributed by atoms with E-state index in [1.807, 2.05) is 0 Å². The van der Waals surface area contributed by atoms with Gasteiger partial charge in [-0.3, -0.25) is 9.59 Å². The van der Waals surface area contributed by atoms with Gasteiger partial charge in [0.25, 0.3) is 0 Å². The van der Waals surface area contributed by atoms with E-state index in [2.05, 4.69) is 74.7 Å². The van der Waals surface area contributed by atoms with Crippen LogP contribution in [0.15, 0.2) is 48.6 Å². The molecule has 0 aliphatic heterocycles. The van der Waals surface area contributed by atoms with Crippen molar-refractivity contribution >= 4 is 11.9 Å². The minimum Gasteiger partial charge on any atom is -0.462 e. The van der Waals surface area contributed by atoms with Crippen molar-refractivity contribution in [2.75, 3.05) is 6.61 Å². The summed E-state index contributed by atoms with van der Waals surface area (Å²) in [6.07, 6.45) is 61.7. The lowest BCUT2D eigenvalue weighted by Crippen LogP contribution is -2.46. The van der Waals surface area contributed by atoms with Crippen LogP contribution in [-0.4, -0.2) is 46.9 Å². The van der Waals surface area contributed by atoms with Gasteiger partial charge in [-0.1, -0.05) is 249 Å². The predicted molar refractivity (Wildman–Crippen MR) is 273 cm³/mol. The van der Waals surface area contributed by atoms with E-state index in [4.69, 9.17) is 4.74 Å². The van der Waals surface area contributed by atoms with Crippen LogP contribution < -0.4 is 5.32 Å². The fourth-order valence-electron chi connectivity index (χ4n) is 8.24. The van der Waals surface area contributed by atoms with Crippen LogP contribution in [0.1, 0.15) is 278 Å². The van der Waals surface area contributed by atoms with Gasteiger partial charge in [-0.05, 0) is 64.2 Å². The maximum Gasteiger partial charge on any atom is 0.306 e. The van der Waals surface area contributed by atoms with Gasteiger partial charge in [-0.25, -0.2) is 0 Å². The van der Waals surface area contributed by atoms with Crippen LogP contribution in [0.4, 0.5) is 0 Å². The number of unbranched alkanes of at least 4 members (excludes halogenated alkanes) is 29. The molecule has 0 bridgehead atoms. The fourth-order valence-corrected chi connectivity index (χ4v) is 8.24. The monoisotopic (exact) mass is 884 g/mol. The van der Waals surface area contributed by atoms with Gasteiger partial charge in [-0.15, -0.1) is 0 Å². The van der Waals surface area contributed by atoms with Gasteiger partial charge in [0, 0.05) is 6.42 Å². The minimum absolute atomic E-state index is 0.0427. The molecule has 0 saturated carbocycles. The number of carbonyl (C=O) groups is 2. The van der Waals surface area contributed by atoms with Gasteiger partial charge >= 0.3 is 5.97 Å². The van der Waals surface area contributed by atoms with Gasteiger partial charge in [0.1, 0.15) is 6.10 Å². The molecule has 0 aromatic rings. The highest BCUT2D eigenvalue weighted by Crippen LogP contribution is 2.18. The third kappa shape index (κ3) is 46.2. The molecule has 0 aromatic heterocycles. The number of hydrogen-bond donors (Lipinski definition) is 3. The second kappa shape index (κ2) is 50.8. The molecule has 3 unspecified atom stereocenters. The van der Waals surface area contributed by atoms with Crippen molar-refractivity contribution in [2.24, 2.45) is 0 Å². The Labute approximate surface area is 391 Å². The van der Waals surface area contributed by atoms with Gasteiger partial charge in [0.05, 0.1) is 25.2 Å². The summed E-state index contributed by atoms with van der Waals surface area (Å²) in [5, 5.41) is 23.8. The molecule has 0 radical (unpaired) electrons. The Morgan fingerprint density at radius 1 is 0.460 bits per heavy atom. The molecule has 0 aliphatic rings. The van der Waals surface area contributed by atoms with Crippen LogP contribution in [0.5, 0.6) is 0 Å². The van der Waals surface area contributed by atoms with Crippen molar-refractivity contribution in [2.45, 2.75) is 296 Å². The number of ether oxygens (including phenoxy) is 1. The highest BCUT2D eigenvalue weighted by atomic mass is 16.5. The second-order valence-electron chi connectivity index (χ2n) is 18.6. The van der Waals surface area contributed by atoms with Crippen molar-refractivity contribution < 1.29 is 24.5 Å². The topological polar surface area (TPSA) is 95.9 Å². The maximum atomic E-state index is 13.2. The molecule has 63 heavy (non-hydrogen) atoms. The lowest BCUT2D eigenvalue weighted by molar-refractivity contribution is -0.151. The highest BCUT2D eigenvalue weighted by Gasteiger charge is 2.24. The van der Waals surface area contributed by atoms with Crippen LogP contribution in [0, 0.1) is 0 Å². The first-order chi connectivity index (χ1) is 31.0. The molecule has 3 atom stereocenters. The Balaban J connectivity index is 4.66. The molecule has 3 N–H and O–H groups in total. The molecule has 1 amide bonds. The van der Waals surface area contributed by atoms with E-state index in [1.165, 1.54) is 161 Å². The first-order valence-corrected chi connectivity index (χ1v) is 27.4. The Morgan fingerprint density at radius 3 is 1.25 bits per heavy atom. The molecule has 368 valence electrons. The largest absolute Gasteiger partial charge is 0.462 e. The van der Waals surface area contributed by atoms with Crippen molar-refractivity contribution in [1.82, 2.24) is 5.32 Å². The smallest absolute Gasteiger partial charge is 0.306 e. The average molecular weight is 884 g/mol. The van der Waals surface area contributed by atoms with Crippen molar-refractivity contribution in [1.29, 1.82) is 0 Å². The van der Waals surface area contributed by atoms with Gasteiger partial charge in [0.2, 0.25) is 5.91 Å². The summed E-state index contributed by atoms with van der Waals surface area (Å²) in [7, 11) is 0. The maximum absolute atomic E-state index is 13.2. The highest BCUT2D eigenvalue weighted by molar-refractivity contribution is 5.77. The molecule has 0 aliphatic carbocycles. The van der Waals surface area contributed by atoms with Crippen molar-refractivity contribution in [3.8, 4) is 0 Å². The number of aliphatic hydroxyl groups is 2. The molecule has 0 rings (SSSR count). The number of amides is 1. The zero-order valence-electron chi connectivity index (χ0n) is 42.0. The average Bonchev–Trinajstić information content (AvgIpc) is 3.28. The van der Waals surface area contributed by atoms with Gasteiger partial charge in [-0.2, -0.15) is 0 Å². The summed E-state index contributed by atoms with van der Waals surface area (Å²) < 4.78 is 5.92. The van der Waals surface area contributed by atoms with Gasteiger partial charge < -0.3 is 20.3 Å². The first kappa shape index (κ1) is 60.8. The fraction of sp³-hybridized carbons (Fsp3) is 0.825. The third-order valence-electron chi connectivity index (χ3n) is 12.4. The quantitative estimate of drug-likeness (QED) is 0.0321. The summed E-state index contributed by atoms with van der Waals surface area (Å²) in [6, 6.07) is -0.717. The Morgan fingerprint density at radius 2 is 0.825 bits per heavy atom. The zero-order valence-corrected chi connectivity index (χ0v) is 42.0. The Kier molecular flexibility index (Phi) is 49.1. The van der Waals surface area contributed by atoms with E-state index in [0.29, 0.717) is 19.3 Å². The number of esters is 1. The van der Waals surface area contributed by atoms with E-state index in [-0.39, 0.29) is 24.9 Å². The third-order valence-corrected chi connectivity index (χ3v) is 12.4.